The van der Waals surface area contributed by atoms with Gasteiger partial charge in [0.05, 0.1) is 4.92 Å². The first-order valence-electron chi connectivity index (χ1n) is 6.63. The third-order valence-electron chi connectivity index (χ3n) is 2.92. The van der Waals surface area contributed by atoms with Crippen molar-refractivity contribution in [1.29, 1.82) is 0 Å². The van der Waals surface area contributed by atoms with Gasteiger partial charge < -0.3 is 4.90 Å². The van der Waals surface area contributed by atoms with Crippen molar-refractivity contribution < 1.29 is 4.92 Å². The summed E-state index contributed by atoms with van der Waals surface area (Å²) < 4.78 is 0. The van der Waals surface area contributed by atoms with E-state index >= 15 is 0 Å². The average Bonchev–Trinajstić information content (AvgIpc) is 2.37. The number of nitro benzene ring substituents is 1. The van der Waals surface area contributed by atoms with Crippen LogP contribution in [0.15, 0.2) is 24.3 Å². The van der Waals surface area contributed by atoms with E-state index in [1.165, 1.54) is 0 Å². The summed E-state index contributed by atoms with van der Waals surface area (Å²) in [6, 6.07) is 6.94. The topological polar surface area (TPSA) is 46.4 Å². The average molecular weight is 250 g/mol. The first-order chi connectivity index (χ1) is 8.67. The van der Waals surface area contributed by atoms with Gasteiger partial charge in [0.2, 0.25) is 0 Å². The molecule has 1 aromatic rings. The van der Waals surface area contributed by atoms with Crippen LogP contribution in [0.4, 0.5) is 5.69 Å². The maximum Gasteiger partial charge on any atom is 0.269 e. The lowest BCUT2D eigenvalue weighted by Gasteiger charge is -2.20. The second kappa shape index (κ2) is 7.82. The Morgan fingerprint density at radius 2 is 1.83 bits per heavy atom. The van der Waals surface area contributed by atoms with Crippen LogP contribution in [-0.2, 0) is 6.42 Å². The Hall–Kier alpha value is -1.42. The summed E-state index contributed by atoms with van der Waals surface area (Å²) in [5.41, 5.74) is 1.23. The fourth-order valence-corrected chi connectivity index (χ4v) is 2.08. The van der Waals surface area contributed by atoms with E-state index in [0.29, 0.717) is 0 Å². The Morgan fingerprint density at radius 3 is 2.39 bits per heavy atom. The molecule has 18 heavy (non-hydrogen) atoms. The molecule has 0 amide bonds. The van der Waals surface area contributed by atoms with Crippen LogP contribution in [0.1, 0.15) is 32.3 Å². The van der Waals surface area contributed by atoms with E-state index in [1.54, 1.807) is 18.2 Å². The lowest BCUT2D eigenvalue weighted by Crippen LogP contribution is -2.27. The Kier molecular flexibility index (Phi) is 6.36. The summed E-state index contributed by atoms with van der Waals surface area (Å²) in [6.07, 6.45) is 3.17. The summed E-state index contributed by atoms with van der Waals surface area (Å²) in [6.45, 7) is 7.53. The molecule has 0 aliphatic heterocycles. The number of nitro groups is 1. The van der Waals surface area contributed by atoms with Gasteiger partial charge in [0.25, 0.3) is 5.69 Å². The van der Waals surface area contributed by atoms with Gasteiger partial charge in [-0.25, -0.2) is 0 Å². The number of benzene rings is 1. The van der Waals surface area contributed by atoms with E-state index in [0.717, 1.165) is 44.5 Å². The maximum atomic E-state index is 10.7. The van der Waals surface area contributed by atoms with Crippen molar-refractivity contribution in [2.45, 2.75) is 33.1 Å². The Bertz CT molecular complexity index is 374. The number of non-ortho nitro benzene ring substituents is 1. The highest BCUT2D eigenvalue weighted by Gasteiger charge is 2.07. The second-order valence-electron chi connectivity index (χ2n) is 4.52. The molecule has 0 unspecified atom stereocenters. The van der Waals surface area contributed by atoms with Crippen molar-refractivity contribution in [3.05, 3.63) is 39.9 Å². The zero-order valence-electron chi connectivity index (χ0n) is 11.3. The van der Waals surface area contributed by atoms with Gasteiger partial charge in [-0.05, 0) is 37.9 Å². The highest BCUT2D eigenvalue weighted by Crippen LogP contribution is 2.13. The first kappa shape index (κ1) is 14.6. The molecule has 4 nitrogen and oxygen atoms in total. The van der Waals surface area contributed by atoms with Crippen LogP contribution in [0.25, 0.3) is 0 Å². The molecule has 0 aromatic heterocycles. The SMILES string of the molecule is CCCN(CCC)CCc1cccc([N+](=O)[O-])c1. The fraction of sp³-hybridized carbons (Fsp3) is 0.571. The molecule has 0 saturated heterocycles. The summed E-state index contributed by atoms with van der Waals surface area (Å²) in [5.74, 6) is 0. The van der Waals surface area contributed by atoms with Crippen molar-refractivity contribution in [2.75, 3.05) is 19.6 Å². The number of hydrogen-bond donors (Lipinski definition) is 0. The second-order valence-corrected chi connectivity index (χ2v) is 4.52. The highest BCUT2D eigenvalue weighted by molar-refractivity contribution is 5.34. The van der Waals surface area contributed by atoms with E-state index in [1.807, 2.05) is 6.07 Å². The predicted octanol–water partition coefficient (Wildman–Crippen LogP) is 3.26. The van der Waals surface area contributed by atoms with Crippen LogP contribution in [0.3, 0.4) is 0 Å². The Labute approximate surface area is 109 Å². The van der Waals surface area contributed by atoms with Gasteiger partial charge in [0, 0.05) is 18.7 Å². The van der Waals surface area contributed by atoms with Crippen LogP contribution in [-0.4, -0.2) is 29.5 Å². The van der Waals surface area contributed by atoms with E-state index in [2.05, 4.69) is 18.7 Å². The third kappa shape index (κ3) is 4.84. The summed E-state index contributed by atoms with van der Waals surface area (Å²) in [5, 5.41) is 10.7. The van der Waals surface area contributed by atoms with Crippen molar-refractivity contribution in [1.82, 2.24) is 4.90 Å². The van der Waals surface area contributed by atoms with Gasteiger partial charge in [0.15, 0.2) is 0 Å². The van der Waals surface area contributed by atoms with Crippen LogP contribution in [0, 0.1) is 10.1 Å². The number of rotatable bonds is 8. The standard InChI is InChI=1S/C14H22N2O2/c1-3-9-15(10-4-2)11-8-13-6-5-7-14(12-13)16(17)18/h5-7,12H,3-4,8-11H2,1-2H3. The lowest BCUT2D eigenvalue weighted by molar-refractivity contribution is -0.384. The fourth-order valence-electron chi connectivity index (χ4n) is 2.08. The van der Waals surface area contributed by atoms with Gasteiger partial charge in [-0.3, -0.25) is 10.1 Å². The molecule has 0 heterocycles. The van der Waals surface area contributed by atoms with Crippen molar-refractivity contribution >= 4 is 5.69 Å². The van der Waals surface area contributed by atoms with E-state index in [9.17, 15) is 10.1 Å². The van der Waals surface area contributed by atoms with Crippen molar-refractivity contribution in [3.63, 3.8) is 0 Å². The predicted molar refractivity (Wildman–Crippen MR) is 73.8 cm³/mol. The Morgan fingerprint density at radius 1 is 1.17 bits per heavy atom. The minimum atomic E-state index is -0.334. The van der Waals surface area contributed by atoms with E-state index in [-0.39, 0.29) is 10.6 Å². The molecular weight excluding hydrogens is 228 g/mol. The maximum absolute atomic E-state index is 10.7. The van der Waals surface area contributed by atoms with Crippen LogP contribution in [0.5, 0.6) is 0 Å². The van der Waals surface area contributed by atoms with E-state index < -0.39 is 0 Å². The van der Waals surface area contributed by atoms with Crippen LogP contribution in [0.2, 0.25) is 0 Å². The van der Waals surface area contributed by atoms with Crippen LogP contribution >= 0.6 is 0 Å². The lowest BCUT2D eigenvalue weighted by atomic mass is 10.1. The minimum Gasteiger partial charge on any atom is -0.303 e. The molecule has 0 aliphatic rings. The molecule has 0 N–H and O–H groups in total. The zero-order valence-corrected chi connectivity index (χ0v) is 11.3. The molecule has 100 valence electrons. The summed E-state index contributed by atoms with van der Waals surface area (Å²) >= 11 is 0. The molecule has 0 atom stereocenters. The zero-order chi connectivity index (χ0) is 13.4. The first-order valence-corrected chi connectivity index (χ1v) is 6.63. The number of hydrogen-bond acceptors (Lipinski definition) is 3. The third-order valence-corrected chi connectivity index (χ3v) is 2.92. The molecule has 1 rings (SSSR count). The normalized spacial score (nSPS) is 10.8. The summed E-state index contributed by atoms with van der Waals surface area (Å²) in [4.78, 5) is 12.8. The van der Waals surface area contributed by atoms with Gasteiger partial charge in [-0.2, -0.15) is 0 Å². The van der Waals surface area contributed by atoms with Crippen LogP contribution < -0.4 is 0 Å². The molecule has 0 bridgehead atoms. The largest absolute Gasteiger partial charge is 0.303 e. The molecule has 0 radical (unpaired) electrons. The van der Waals surface area contributed by atoms with E-state index in [4.69, 9.17) is 0 Å². The van der Waals surface area contributed by atoms with Crippen molar-refractivity contribution in [2.24, 2.45) is 0 Å². The molecule has 0 aliphatic carbocycles. The molecule has 0 spiro atoms. The molecule has 1 aromatic carbocycles. The molecule has 4 heteroatoms. The molecule has 0 fully saturated rings. The van der Waals surface area contributed by atoms with Gasteiger partial charge >= 0.3 is 0 Å². The van der Waals surface area contributed by atoms with Gasteiger partial charge in [0.1, 0.15) is 0 Å². The monoisotopic (exact) mass is 250 g/mol. The smallest absolute Gasteiger partial charge is 0.269 e. The van der Waals surface area contributed by atoms with Gasteiger partial charge in [-0.15, -0.1) is 0 Å². The van der Waals surface area contributed by atoms with Gasteiger partial charge in [-0.1, -0.05) is 26.0 Å². The minimum absolute atomic E-state index is 0.185. The highest BCUT2D eigenvalue weighted by atomic mass is 16.6. The summed E-state index contributed by atoms with van der Waals surface area (Å²) in [7, 11) is 0. The Balaban J connectivity index is 2.55. The number of nitrogens with zero attached hydrogens (tertiary/aromatic N) is 2. The van der Waals surface area contributed by atoms with Crippen molar-refractivity contribution in [3.8, 4) is 0 Å². The quantitative estimate of drug-likeness (QED) is 0.525. The molecule has 0 saturated carbocycles. The molecular formula is C14H22N2O2.